The number of piperidine rings is 1. The molecule has 1 aliphatic rings. The number of aliphatic carboxylic acids is 1. The molecule has 0 bridgehead atoms. The van der Waals surface area contributed by atoms with Crippen molar-refractivity contribution < 1.29 is 19.4 Å². The van der Waals surface area contributed by atoms with Crippen LogP contribution >= 0.6 is 0 Å². The number of hydrogen-bond donors (Lipinski definition) is 1. The number of amides is 1. The van der Waals surface area contributed by atoms with E-state index in [0.29, 0.717) is 13.0 Å². The SMILES string of the molecule is CO[C@@H](C(=O)N1CCC[C@@H](CCC(=O)O)C1)c1ccccc1. The molecule has 0 unspecified atom stereocenters. The molecule has 0 spiro atoms. The van der Waals surface area contributed by atoms with Gasteiger partial charge in [-0.25, -0.2) is 0 Å². The minimum Gasteiger partial charge on any atom is -0.481 e. The highest BCUT2D eigenvalue weighted by atomic mass is 16.5. The third-order valence-corrected chi connectivity index (χ3v) is 4.16. The van der Waals surface area contributed by atoms with Gasteiger partial charge < -0.3 is 14.7 Å². The van der Waals surface area contributed by atoms with Crippen LogP contribution in [0.1, 0.15) is 37.4 Å². The fourth-order valence-corrected chi connectivity index (χ4v) is 3.00. The predicted octanol–water partition coefficient (Wildman–Crippen LogP) is 2.48. The van der Waals surface area contributed by atoms with Crippen LogP contribution in [-0.2, 0) is 14.3 Å². The van der Waals surface area contributed by atoms with Crippen LogP contribution in [0.5, 0.6) is 0 Å². The van der Waals surface area contributed by atoms with E-state index >= 15 is 0 Å². The molecule has 5 nitrogen and oxygen atoms in total. The number of carbonyl (C=O) groups excluding carboxylic acids is 1. The fourth-order valence-electron chi connectivity index (χ4n) is 3.00. The van der Waals surface area contributed by atoms with Gasteiger partial charge in [0.15, 0.2) is 6.10 Å². The number of carboxylic acid groups (broad SMARTS) is 1. The predicted molar refractivity (Wildman–Crippen MR) is 82.4 cm³/mol. The van der Waals surface area contributed by atoms with Crippen molar-refractivity contribution in [2.45, 2.75) is 31.8 Å². The smallest absolute Gasteiger partial charge is 0.303 e. The topological polar surface area (TPSA) is 66.8 Å². The van der Waals surface area contributed by atoms with Crippen molar-refractivity contribution in [3.05, 3.63) is 35.9 Å². The minimum atomic E-state index is -0.775. The van der Waals surface area contributed by atoms with Crippen LogP contribution in [0.3, 0.4) is 0 Å². The third-order valence-electron chi connectivity index (χ3n) is 4.16. The number of carboxylic acids is 1. The summed E-state index contributed by atoms with van der Waals surface area (Å²) in [4.78, 5) is 25.2. The van der Waals surface area contributed by atoms with Crippen LogP contribution in [0, 0.1) is 5.92 Å². The molecule has 120 valence electrons. The average molecular weight is 305 g/mol. The Morgan fingerprint density at radius 1 is 1.36 bits per heavy atom. The Labute approximate surface area is 130 Å². The second-order valence-corrected chi connectivity index (χ2v) is 5.75. The highest BCUT2D eigenvalue weighted by molar-refractivity contribution is 5.82. The molecule has 2 atom stereocenters. The maximum atomic E-state index is 12.7. The molecular formula is C17H23NO4. The number of carbonyl (C=O) groups is 2. The van der Waals surface area contributed by atoms with E-state index in [-0.39, 0.29) is 18.2 Å². The van der Waals surface area contributed by atoms with Crippen LogP contribution in [-0.4, -0.2) is 42.1 Å². The molecule has 1 N–H and O–H groups in total. The highest BCUT2D eigenvalue weighted by Gasteiger charge is 2.29. The monoisotopic (exact) mass is 305 g/mol. The lowest BCUT2D eigenvalue weighted by atomic mass is 9.93. The molecule has 0 aliphatic carbocycles. The zero-order chi connectivity index (χ0) is 15.9. The summed E-state index contributed by atoms with van der Waals surface area (Å²) >= 11 is 0. The van der Waals surface area contributed by atoms with Crippen molar-refractivity contribution in [2.24, 2.45) is 5.92 Å². The summed E-state index contributed by atoms with van der Waals surface area (Å²) < 4.78 is 5.40. The first-order chi connectivity index (χ1) is 10.6. The molecule has 1 aromatic rings. The first kappa shape index (κ1) is 16.5. The number of rotatable bonds is 6. The molecule has 2 rings (SSSR count). The number of likely N-dealkylation sites (tertiary alicyclic amines) is 1. The van der Waals surface area contributed by atoms with Crippen LogP contribution in [0.4, 0.5) is 0 Å². The van der Waals surface area contributed by atoms with Gasteiger partial charge in [0, 0.05) is 26.6 Å². The summed E-state index contributed by atoms with van der Waals surface area (Å²) in [5.41, 5.74) is 0.850. The Kier molecular flexibility index (Phi) is 5.95. The van der Waals surface area contributed by atoms with E-state index < -0.39 is 12.1 Å². The number of methoxy groups -OCH3 is 1. The van der Waals surface area contributed by atoms with E-state index in [2.05, 4.69) is 0 Å². The van der Waals surface area contributed by atoms with E-state index in [1.54, 1.807) is 7.11 Å². The van der Waals surface area contributed by atoms with Crippen molar-refractivity contribution in [1.29, 1.82) is 0 Å². The molecule has 1 amide bonds. The molecular weight excluding hydrogens is 282 g/mol. The summed E-state index contributed by atoms with van der Waals surface area (Å²) in [5, 5.41) is 8.79. The van der Waals surface area contributed by atoms with Crippen LogP contribution in [0.15, 0.2) is 30.3 Å². The van der Waals surface area contributed by atoms with Gasteiger partial charge in [0.2, 0.25) is 0 Å². The van der Waals surface area contributed by atoms with Gasteiger partial charge in [0.05, 0.1) is 0 Å². The molecule has 1 saturated heterocycles. The largest absolute Gasteiger partial charge is 0.481 e. The Bertz CT molecular complexity index is 503. The Balaban J connectivity index is 1.99. The molecule has 1 aromatic carbocycles. The molecule has 22 heavy (non-hydrogen) atoms. The van der Waals surface area contributed by atoms with Gasteiger partial charge in [-0.2, -0.15) is 0 Å². The second kappa shape index (κ2) is 7.94. The summed E-state index contributed by atoms with van der Waals surface area (Å²) in [7, 11) is 1.54. The fraction of sp³-hybridized carbons (Fsp3) is 0.529. The van der Waals surface area contributed by atoms with E-state index in [9.17, 15) is 9.59 Å². The van der Waals surface area contributed by atoms with Gasteiger partial charge in [-0.3, -0.25) is 9.59 Å². The normalized spacial score (nSPS) is 19.7. The van der Waals surface area contributed by atoms with E-state index in [1.807, 2.05) is 35.2 Å². The Morgan fingerprint density at radius 3 is 2.73 bits per heavy atom. The summed E-state index contributed by atoms with van der Waals surface area (Å²) in [6.45, 7) is 1.34. The quantitative estimate of drug-likeness (QED) is 0.877. The average Bonchev–Trinajstić information content (AvgIpc) is 2.55. The Morgan fingerprint density at radius 2 is 2.09 bits per heavy atom. The number of benzene rings is 1. The van der Waals surface area contributed by atoms with Crippen molar-refractivity contribution in [3.63, 3.8) is 0 Å². The Hall–Kier alpha value is -1.88. The van der Waals surface area contributed by atoms with E-state index in [0.717, 1.165) is 24.9 Å². The van der Waals surface area contributed by atoms with Gasteiger partial charge in [0.25, 0.3) is 5.91 Å². The second-order valence-electron chi connectivity index (χ2n) is 5.75. The van der Waals surface area contributed by atoms with Gasteiger partial charge in [-0.15, -0.1) is 0 Å². The highest BCUT2D eigenvalue weighted by Crippen LogP contribution is 2.25. The van der Waals surface area contributed by atoms with Crippen molar-refractivity contribution in [2.75, 3.05) is 20.2 Å². The molecule has 1 heterocycles. The zero-order valence-electron chi connectivity index (χ0n) is 12.9. The standard InChI is InChI=1S/C17H23NO4/c1-22-16(14-7-3-2-4-8-14)17(21)18-11-5-6-13(12-18)9-10-15(19)20/h2-4,7-8,13,16H,5-6,9-12H2,1H3,(H,19,20)/t13-,16+/m0/s1. The zero-order valence-corrected chi connectivity index (χ0v) is 12.9. The maximum Gasteiger partial charge on any atom is 0.303 e. The van der Waals surface area contributed by atoms with Crippen LogP contribution in [0.2, 0.25) is 0 Å². The van der Waals surface area contributed by atoms with Gasteiger partial charge >= 0.3 is 5.97 Å². The molecule has 0 saturated carbocycles. The summed E-state index contributed by atoms with van der Waals surface area (Å²) in [5.74, 6) is -0.543. The molecule has 1 fully saturated rings. The van der Waals surface area contributed by atoms with Gasteiger partial charge in [-0.05, 0) is 30.7 Å². The van der Waals surface area contributed by atoms with Crippen LogP contribution < -0.4 is 0 Å². The van der Waals surface area contributed by atoms with E-state index in [4.69, 9.17) is 9.84 Å². The van der Waals surface area contributed by atoms with Crippen molar-refractivity contribution in [3.8, 4) is 0 Å². The molecule has 1 aliphatic heterocycles. The molecule has 0 aromatic heterocycles. The summed E-state index contributed by atoms with van der Waals surface area (Å²) in [6, 6.07) is 9.46. The van der Waals surface area contributed by atoms with Gasteiger partial charge in [-0.1, -0.05) is 30.3 Å². The molecule has 5 heteroatoms. The third kappa shape index (κ3) is 4.31. The summed E-state index contributed by atoms with van der Waals surface area (Å²) in [6.07, 6.45) is 2.11. The van der Waals surface area contributed by atoms with Crippen molar-refractivity contribution >= 4 is 11.9 Å². The lowest BCUT2D eigenvalue weighted by Crippen LogP contribution is -2.42. The number of nitrogens with zero attached hydrogens (tertiary/aromatic N) is 1. The first-order valence-corrected chi connectivity index (χ1v) is 7.70. The lowest BCUT2D eigenvalue weighted by molar-refractivity contribution is -0.144. The number of hydrogen-bond acceptors (Lipinski definition) is 3. The van der Waals surface area contributed by atoms with Crippen LogP contribution in [0.25, 0.3) is 0 Å². The molecule has 0 radical (unpaired) electrons. The number of ether oxygens (including phenoxy) is 1. The lowest BCUT2D eigenvalue weighted by Gasteiger charge is -2.34. The van der Waals surface area contributed by atoms with Gasteiger partial charge in [0.1, 0.15) is 0 Å². The minimum absolute atomic E-state index is 0.0336. The first-order valence-electron chi connectivity index (χ1n) is 7.70. The maximum absolute atomic E-state index is 12.7. The van der Waals surface area contributed by atoms with Crippen molar-refractivity contribution in [1.82, 2.24) is 4.90 Å². The van der Waals surface area contributed by atoms with E-state index in [1.165, 1.54) is 0 Å².